The first-order valence-electron chi connectivity index (χ1n) is 10.7. The fraction of sp³-hybridized carbons (Fsp3) is 0.160. The maximum Gasteiger partial charge on any atom is 0.242 e. The Hall–Kier alpha value is -3.98. The van der Waals surface area contributed by atoms with Crippen molar-refractivity contribution in [3.8, 4) is 22.9 Å². The van der Waals surface area contributed by atoms with Crippen molar-refractivity contribution in [2.24, 2.45) is 0 Å². The molecule has 0 saturated heterocycles. The molecular formula is C25H25N5O3S. The second-order valence-electron chi connectivity index (χ2n) is 7.26. The van der Waals surface area contributed by atoms with Crippen LogP contribution in [0.1, 0.15) is 17.7 Å². The number of carbonyl (C=O) groups excluding carboxylic acids is 1. The highest BCUT2D eigenvalue weighted by molar-refractivity contribution is 8.00. The third kappa shape index (κ3) is 5.32. The summed E-state index contributed by atoms with van der Waals surface area (Å²) in [6.45, 7) is 2.52. The summed E-state index contributed by atoms with van der Waals surface area (Å²) in [7, 11) is 1.58. The van der Waals surface area contributed by atoms with Gasteiger partial charge in [0.15, 0.2) is 5.82 Å². The van der Waals surface area contributed by atoms with Crippen LogP contribution in [0.4, 0.5) is 5.69 Å². The van der Waals surface area contributed by atoms with Gasteiger partial charge in [0.2, 0.25) is 11.1 Å². The molecule has 174 valence electrons. The maximum absolute atomic E-state index is 13.3. The lowest BCUT2D eigenvalue weighted by Crippen LogP contribution is -2.20. The van der Waals surface area contributed by atoms with E-state index < -0.39 is 5.25 Å². The van der Waals surface area contributed by atoms with Crippen LogP contribution in [-0.4, -0.2) is 34.5 Å². The zero-order valence-corrected chi connectivity index (χ0v) is 19.7. The number of methoxy groups -OCH3 is 1. The van der Waals surface area contributed by atoms with Gasteiger partial charge in [0, 0.05) is 17.3 Å². The third-order valence-corrected chi connectivity index (χ3v) is 6.20. The molecule has 8 nitrogen and oxygen atoms in total. The third-order valence-electron chi connectivity index (χ3n) is 4.99. The largest absolute Gasteiger partial charge is 0.497 e. The fourth-order valence-corrected chi connectivity index (χ4v) is 4.29. The lowest BCUT2D eigenvalue weighted by Gasteiger charge is -2.17. The summed E-state index contributed by atoms with van der Waals surface area (Å²) >= 11 is 1.23. The van der Waals surface area contributed by atoms with Crippen molar-refractivity contribution >= 4 is 23.4 Å². The van der Waals surface area contributed by atoms with Crippen LogP contribution in [-0.2, 0) is 4.79 Å². The number of hydrogen-bond donors (Lipinski definition) is 2. The van der Waals surface area contributed by atoms with Crippen molar-refractivity contribution in [2.45, 2.75) is 17.3 Å². The van der Waals surface area contributed by atoms with Gasteiger partial charge in [0.05, 0.1) is 13.7 Å². The molecule has 1 heterocycles. The van der Waals surface area contributed by atoms with E-state index in [1.807, 2.05) is 79.7 Å². The number of nitrogens with one attached hydrogen (secondary N) is 1. The van der Waals surface area contributed by atoms with Gasteiger partial charge in [-0.1, -0.05) is 48.2 Å². The lowest BCUT2D eigenvalue weighted by atomic mass is 10.1. The van der Waals surface area contributed by atoms with Gasteiger partial charge in [-0.25, -0.2) is 4.68 Å². The first kappa shape index (κ1) is 23.2. The van der Waals surface area contributed by atoms with Crippen molar-refractivity contribution in [1.29, 1.82) is 0 Å². The Kier molecular flexibility index (Phi) is 7.34. The quantitative estimate of drug-likeness (QED) is 0.271. The molecule has 0 bridgehead atoms. The topological polar surface area (TPSA) is 104 Å². The molecule has 0 fully saturated rings. The SMILES string of the molecule is CCOc1ccc(-c2nnc(S[C@@H](C(=O)Nc3cccc(OC)c3)c3ccccc3)n2N)cc1. The minimum atomic E-state index is -0.605. The van der Waals surface area contributed by atoms with E-state index in [0.717, 1.165) is 16.9 Å². The van der Waals surface area contributed by atoms with E-state index >= 15 is 0 Å². The van der Waals surface area contributed by atoms with Crippen LogP contribution >= 0.6 is 11.8 Å². The van der Waals surface area contributed by atoms with Crippen molar-refractivity contribution in [3.63, 3.8) is 0 Å². The summed E-state index contributed by atoms with van der Waals surface area (Å²) in [5.74, 6) is 8.04. The van der Waals surface area contributed by atoms with Crippen LogP contribution in [0.15, 0.2) is 84.0 Å². The molecular weight excluding hydrogens is 450 g/mol. The van der Waals surface area contributed by atoms with Crippen LogP contribution in [0.3, 0.4) is 0 Å². The first-order chi connectivity index (χ1) is 16.6. The molecule has 34 heavy (non-hydrogen) atoms. The molecule has 1 amide bonds. The molecule has 0 aliphatic carbocycles. The fourth-order valence-electron chi connectivity index (χ4n) is 3.34. The summed E-state index contributed by atoms with van der Waals surface area (Å²) in [6.07, 6.45) is 0. The molecule has 3 N–H and O–H groups in total. The monoisotopic (exact) mass is 475 g/mol. The summed E-state index contributed by atoms with van der Waals surface area (Å²) in [6, 6.07) is 24.1. The molecule has 0 radical (unpaired) electrons. The minimum absolute atomic E-state index is 0.213. The molecule has 0 aliphatic heterocycles. The molecule has 1 atom stereocenters. The Balaban J connectivity index is 1.59. The Labute approximate surface area is 202 Å². The molecule has 4 aromatic rings. The summed E-state index contributed by atoms with van der Waals surface area (Å²) in [5.41, 5.74) is 2.25. The van der Waals surface area contributed by atoms with E-state index in [1.54, 1.807) is 13.2 Å². The molecule has 4 rings (SSSR count). The number of anilines is 1. The Morgan fingerprint density at radius 2 is 1.79 bits per heavy atom. The lowest BCUT2D eigenvalue weighted by molar-refractivity contribution is -0.115. The second-order valence-corrected chi connectivity index (χ2v) is 8.34. The van der Waals surface area contributed by atoms with Gasteiger partial charge in [-0.05, 0) is 48.9 Å². The molecule has 0 unspecified atom stereocenters. The van der Waals surface area contributed by atoms with Gasteiger partial charge in [0.1, 0.15) is 16.7 Å². The number of ether oxygens (including phenoxy) is 2. The van der Waals surface area contributed by atoms with E-state index in [9.17, 15) is 4.79 Å². The van der Waals surface area contributed by atoms with E-state index in [0.29, 0.717) is 29.0 Å². The standard InChI is InChI=1S/C25H25N5O3S/c1-3-33-20-14-12-18(13-15-20)23-28-29-25(30(23)26)34-22(17-8-5-4-6-9-17)24(31)27-19-10-7-11-21(16-19)32-2/h4-16,22H,3,26H2,1-2H3,(H,27,31)/t22-/m1/s1. The van der Waals surface area contributed by atoms with Crippen molar-refractivity contribution < 1.29 is 14.3 Å². The van der Waals surface area contributed by atoms with Gasteiger partial charge in [-0.15, -0.1) is 10.2 Å². The average Bonchev–Trinajstić information content (AvgIpc) is 3.23. The van der Waals surface area contributed by atoms with Gasteiger partial charge in [0.25, 0.3) is 0 Å². The van der Waals surface area contributed by atoms with Crippen molar-refractivity contribution in [3.05, 3.63) is 84.4 Å². The maximum atomic E-state index is 13.3. The predicted octanol–water partition coefficient (Wildman–Crippen LogP) is 4.54. The first-order valence-corrected chi connectivity index (χ1v) is 11.6. The number of rotatable bonds is 9. The Morgan fingerprint density at radius 3 is 2.50 bits per heavy atom. The Morgan fingerprint density at radius 1 is 1.03 bits per heavy atom. The molecule has 0 spiro atoms. The van der Waals surface area contributed by atoms with Gasteiger partial charge in [-0.2, -0.15) is 0 Å². The van der Waals surface area contributed by atoms with Crippen LogP contribution < -0.4 is 20.6 Å². The number of nitrogens with zero attached hydrogens (tertiary/aromatic N) is 3. The number of aromatic nitrogens is 3. The molecule has 9 heteroatoms. The number of hydrogen-bond acceptors (Lipinski definition) is 7. The van der Waals surface area contributed by atoms with Crippen molar-refractivity contribution in [2.75, 3.05) is 24.9 Å². The van der Waals surface area contributed by atoms with Crippen LogP contribution in [0.5, 0.6) is 11.5 Å². The molecule has 3 aromatic carbocycles. The van der Waals surface area contributed by atoms with E-state index in [4.69, 9.17) is 15.3 Å². The highest BCUT2D eigenvalue weighted by atomic mass is 32.2. The van der Waals surface area contributed by atoms with E-state index in [-0.39, 0.29) is 5.91 Å². The summed E-state index contributed by atoms with van der Waals surface area (Å²) in [5, 5.41) is 11.3. The second kappa shape index (κ2) is 10.8. The minimum Gasteiger partial charge on any atom is -0.497 e. The van der Waals surface area contributed by atoms with Crippen LogP contribution in [0.2, 0.25) is 0 Å². The van der Waals surface area contributed by atoms with Crippen LogP contribution in [0, 0.1) is 0 Å². The van der Waals surface area contributed by atoms with Gasteiger partial charge in [-0.3, -0.25) is 4.79 Å². The zero-order chi connectivity index (χ0) is 23.9. The number of thioether (sulfide) groups is 1. The highest BCUT2D eigenvalue weighted by Gasteiger charge is 2.26. The van der Waals surface area contributed by atoms with E-state index in [1.165, 1.54) is 16.4 Å². The number of amides is 1. The van der Waals surface area contributed by atoms with Gasteiger partial charge < -0.3 is 20.6 Å². The smallest absolute Gasteiger partial charge is 0.242 e. The Bertz CT molecular complexity index is 1250. The molecule has 0 aliphatic rings. The molecule has 0 saturated carbocycles. The summed E-state index contributed by atoms with van der Waals surface area (Å²) in [4.78, 5) is 13.3. The number of benzene rings is 3. The number of carbonyl (C=O) groups is 1. The van der Waals surface area contributed by atoms with Gasteiger partial charge >= 0.3 is 0 Å². The highest BCUT2D eigenvalue weighted by Crippen LogP contribution is 2.36. The van der Waals surface area contributed by atoms with E-state index in [2.05, 4.69) is 15.5 Å². The predicted molar refractivity (Wildman–Crippen MR) is 133 cm³/mol. The zero-order valence-electron chi connectivity index (χ0n) is 18.8. The average molecular weight is 476 g/mol. The molecule has 1 aromatic heterocycles. The number of nitrogen functional groups attached to an aromatic ring is 1. The normalized spacial score (nSPS) is 11.6. The van der Waals surface area contributed by atoms with Crippen LogP contribution in [0.25, 0.3) is 11.4 Å². The van der Waals surface area contributed by atoms with Crippen molar-refractivity contribution in [1.82, 2.24) is 14.9 Å². The number of nitrogens with two attached hydrogens (primary N) is 1. The summed E-state index contributed by atoms with van der Waals surface area (Å²) < 4.78 is 12.1.